The number of anilines is 1. The van der Waals surface area contributed by atoms with E-state index in [2.05, 4.69) is 33.5 Å². The fraction of sp³-hybridized carbons (Fsp3) is 0.111. The molecule has 0 aliphatic rings. The zero-order valence-corrected chi connectivity index (χ0v) is 19.7. The first kappa shape index (κ1) is 21.9. The van der Waals surface area contributed by atoms with Gasteiger partial charge in [0.1, 0.15) is 0 Å². The molecular formula is C27H23N5OS. The number of benzene rings is 3. The highest BCUT2D eigenvalue weighted by Gasteiger charge is 2.23. The van der Waals surface area contributed by atoms with Crippen LogP contribution in [0.1, 0.15) is 12.5 Å². The summed E-state index contributed by atoms with van der Waals surface area (Å²) < 4.78 is 2.01. The normalized spacial score (nSPS) is 11.9. The second-order valence-corrected chi connectivity index (χ2v) is 9.25. The summed E-state index contributed by atoms with van der Waals surface area (Å²) in [6.07, 6.45) is 3.47. The monoisotopic (exact) mass is 465 g/mol. The van der Waals surface area contributed by atoms with Crippen LogP contribution in [0.5, 0.6) is 0 Å². The van der Waals surface area contributed by atoms with Gasteiger partial charge in [0.2, 0.25) is 5.91 Å². The summed E-state index contributed by atoms with van der Waals surface area (Å²) in [5, 5.41) is 14.4. The Kier molecular flexibility index (Phi) is 6.10. The molecule has 1 atom stereocenters. The number of hydrogen-bond acceptors (Lipinski definition) is 5. The van der Waals surface area contributed by atoms with Gasteiger partial charge in [-0.25, -0.2) is 0 Å². The Morgan fingerprint density at radius 1 is 0.912 bits per heavy atom. The maximum atomic E-state index is 13.2. The van der Waals surface area contributed by atoms with Crippen LogP contribution in [0.25, 0.3) is 27.8 Å². The summed E-state index contributed by atoms with van der Waals surface area (Å²) in [6, 6.07) is 25.8. The SMILES string of the molecule is Cc1ccccc1-n1c(SC(C)C(=O)Nc2cccc3ccccc23)nnc1-c1ccncc1. The van der Waals surface area contributed by atoms with Gasteiger partial charge in [0.05, 0.1) is 10.9 Å². The topological polar surface area (TPSA) is 72.7 Å². The molecule has 0 saturated carbocycles. The predicted molar refractivity (Wildman–Crippen MR) is 137 cm³/mol. The summed E-state index contributed by atoms with van der Waals surface area (Å²) in [4.78, 5) is 17.3. The minimum absolute atomic E-state index is 0.0915. The lowest BCUT2D eigenvalue weighted by molar-refractivity contribution is -0.115. The summed E-state index contributed by atoms with van der Waals surface area (Å²) >= 11 is 1.38. The Morgan fingerprint density at radius 3 is 2.47 bits per heavy atom. The molecular weight excluding hydrogens is 442 g/mol. The number of rotatable bonds is 6. The van der Waals surface area contributed by atoms with E-state index in [1.807, 2.05) is 84.3 Å². The van der Waals surface area contributed by atoms with Gasteiger partial charge in [-0.3, -0.25) is 14.3 Å². The molecule has 6 nitrogen and oxygen atoms in total. The van der Waals surface area contributed by atoms with Crippen molar-refractivity contribution in [2.24, 2.45) is 0 Å². The molecule has 168 valence electrons. The van der Waals surface area contributed by atoms with Gasteiger partial charge in [-0.15, -0.1) is 10.2 Å². The molecule has 0 fully saturated rings. The highest BCUT2D eigenvalue weighted by molar-refractivity contribution is 8.00. The molecule has 1 N–H and O–H groups in total. The van der Waals surface area contributed by atoms with Gasteiger partial charge in [0.25, 0.3) is 0 Å². The third kappa shape index (κ3) is 4.30. The van der Waals surface area contributed by atoms with Crippen molar-refractivity contribution in [2.45, 2.75) is 24.3 Å². The predicted octanol–water partition coefficient (Wildman–Crippen LogP) is 5.91. The van der Waals surface area contributed by atoms with E-state index in [4.69, 9.17) is 0 Å². The standard InChI is InChI=1S/C27H23N5OS/c1-18-8-3-6-13-24(18)32-25(21-14-16-28-17-15-21)30-31-27(32)34-19(2)26(33)29-23-12-7-10-20-9-4-5-11-22(20)23/h3-17,19H,1-2H3,(H,29,33). The van der Waals surface area contributed by atoms with Crippen LogP contribution in [-0.4, -0.2) is 30.9 Å². The molecule has 5 aromatic rings. The minimum atomic E-state index is -0.392. The number of aromatic nitrogens is 4. The number of nitrogens with one attached hydrogen (secondary N) is 1. The van der Waals surface area contributed by atoms with Gasteiger partial charge in [0, 0.05) is 29.0 Å². The molecule has 0 aliphatic carbocycles. The van der Waals surface area contributed by atoms with E-state index < -0.39 is 5.25 Å². The summed E-state index contributed by atoms with van der Waals surface area (Å²) in [6.45, 7) is 3.94. The zero-order chi connectivity index (χ0) is 23.5. The number of carbonyl (C=O) groups excluding carboxylic acids is 1. The molecule has 7 heteroatoms. The van der Waals surface area contributed by atoms with Gasteiger partial charge < -0.3 is 5.32 Å². The number of para-hydroxylation sites is 1. The maximum Gasteiger partial charge on any atom is 0.237 e. The quantitative estimate of drug-likeness (QED) is 0.316. The van der Waals surface area contributed by atoms with Crippen molar-refractivity contribution in [1.82, 2.24) is 19.7 Å². The number of nitrogens with zero attached hydrogens (tertiary/aromatic N) is 4. The molecule has 0 aliphatic heterocycles. The molecule has 2 aromatic heterocycles. The van der Waals surface area contributed by atoms with Crippen molar-refractivity contribution in [3.8, 4) is 17.1 Å². The molecule has 0 radical (unpaired) electrons. The number of hydrogen-bond donors (Lipinski definition) is 1. The Labute approximate surface area is 202 Å². The molecule has 0 saturated heterocycles. The van der Waals surface area contributed by atoms with Gasteiger partial charge >= 0.3 is 0 Å². The third-order valence-electron chi connectivity index (χ3n) is 5.63. The fourth-order valence-corrected chi connectivity index (χ4v) is 4.71. The fourth-order valence-electron chi connectivity index (χ4n) is 3.85. The van der Waals surface area contributed by atoms with Crippen molar-refractivity contribution in [1.29, 1.82) is 0 Å². The lowest BCUT2D eigenvalue weighted by Crippen LogP contribution is -2.23. The second-order valence-electron chi connectivity index (χ2n) is 7.94. The van der Waals surface area contributed by atoms with Crippen molar-refractivity contribution in [3.63, 3.8) is 0 Å². The van der Waals surface area contributed by atoms with Crippen molar-refractivity contribution < 1.29 is 4.79 Å². The second kappa shape index (κ2) is 9.49. The number of thioether (sulfide) groups is 1. The molecule has 1 amide bonds. The Balaban J connectivity index is 1.46. The first-order valence-corrected chi connectivity index (χ1v) is 11.9. The Morgan fingerprint density at radius 2 is 1.65 bits per heavy atom. The number of amides is 1. The van der Waals surface area contributed by atoms with Crippen LogP contribution in [0, 0.1) is 6.92 Å². The average molecular weight is 466 g/mol. The van der Waals surface area contributed by atoms with Crippen LogP contribution in [0.15, 0.2) is 96.4 Å². The molecule has 3 aromatic carbocycles. The van der Waals surface area contributed by atoms with Crippen LogP contribution in [0.3, 0.4) is 0 Å². The van der Waals surface area contributed by atoms with Gasteiger partial charge in [-0.1, -0.05) is 66.4 Å². The first-order valence-electron chi connectivity index (χ1n) is 11.0. The summed E-state index contributed by atoms with van der Waals surface area (Å²) in [7, 11) is 0. The van der Waals surface area contributed by atoms with E-state index in [0.29, 0.717) is 11.0 Å². The van der Waals surface area contributed by atoms with Crippen LogP contribution in [0.4, 0.5) is 5.69 Å². The van der Waals surface area contributed by atoms with Gasteiger partial charge in [-0.05, 0) is 49.1 Å². The average Bonchev–Trinajstić information content (AvgIpc) is 3.28. The number of carbonyl (C=O) groups is 1. The molecule has 0 bridgehead atoms. The Bertz CT molecular complexity index is 1460. The highest BCUT2D eigenvalue weighted by Crippen LogP contribution is 2.32. The van der Waals surface area contributed by atoms with E-state index in [1.165, 1.54) is 11.8 Å². The molecule has 0 spiro atoms. The largest absolute Gasteiger partial charge is 0.325 e. The van der Waals surface area contributed by atoms with E-state index in [1.54, 1.807) is 12.4 Å². The lowest BCUT2D eigenvalue weighted by Gasteiger charge is -2.16. The number of aryl methyl sites for hydroxylation is 1. The summed E-state index contributed by atoms with van der Waals surface area (Å²) in [5.41, 5.74) is 3.77. The van der Waals surface area contributed by atoms with Gasteiger partial charge in [0.15, 0.2) is 11.0 Å². The minimum Gasteiger partial charge on any atom is -0.325 e. The van der Waals surface area contributed by atoms with Crippen LogP contribution in [-0.2, 0) is 4.79 Å². The Hall–Kier alpha value is -3.97. The van der Waals surface area contributed by atoms with E-state index in [-0.39, 0.29) is 5.91 Å². The van der Waals surface area contributed by atoms with Crippen molar-refractivity contribution >= 4 is 34.1 Å². The van der Waals surface area contributed by atoms with E-state index in [9.17, 15) is 4.79 Å². The van der Waals surface area contributed by atoms with Gasteiger partial charge in [-0.2, -0.15) is 0 Å². The zero-order valence-electron chi connectivity index (χ0n) is 18.8. The molecule has 5 rings (SSSR count). The molecule has 34 heavy (non-hydrogen) atoms. The van der Waals surface area contributed by atoms with Crippen molar-refractivity contribution in [3.05, 3.63) is 96.8 Å². The van der Waals surface area contributed by atoms with Crippen LogP contribution >= 0.6 is 11.8 Å². The number of pyridine rings is 1. The lowest BCUT2D eigenvalue weighted by atomic mass is 10.1. The van der Waals surface area contributed by atoms with Crippen molar-refractivity contribution in [2.75, 3.05) is 5.32 Å². The van der Waals surface area contributed by atoms with E-state index in [0.717, 1.165) is 33.3 Å². The maximum absolute atomic E-state index is 13.2. The first-order chi connectivity index (χ1) is 16.6. The molecule has 1 unspecified atom stereocenters. The third-order valence-corrected chi connectivity index (χ3v) is 6.67. The smallest absolute Gasteiger partial charge is 0.237 e. The van der Waals surface area contributed by atoms with Crippen LogP contribution < -0.4 is 5.32 Å². The van der Waals surface area contributed by atoms with Crippen LogP contribution in [0.2, 0.25) is 0 Å². The number of fused-ring (bicyclic) bond motifs is 1. The highest BCUT2D eigenvalue weighted by atomic mass is 32.2. The molecule has 2 heterocycles. The summed E-state index contributed by atoms with van der Waals surface area (Å²) in [5.74, 6) is 0.618. The van der Waals surface area contributed by atoms with E-state index >= 15 is 0 Å².